The van der Waals surface area contributed by atoms with Gasteiger partial charge in [0.05, 0.1) is 0 Å². The monoisotopic (exact) mass is 209 g/mol. The first-order chi connectivity index (χ1) is 7.09. The van der Waals surface area contributed by atoms with Gasteiger partial charge < -0.3 is 5.73 Å². The molecule has 1 aromatic carbocycles. The van der Waals surface area contributed by atoms with Crippen molar-refractivity contribution in [1.29, 1.82) is 0 Å². The molecule has 0 aliphatic rings. The van der Waals surface area contributed by atoms with Gasteiger partial charge in [0.25, 0.3) is 0 Å². The molecule has 1 nitrogen and oxygen atoms in total. The Morgan fingerprint density at radius 3 is 2.60 bits per heavy atom. The average Bonchev–Trinajstić information content (AvgIpc) is 2.17. The highest BCUT2D eigenvalue weighted by atomic mass is 19.1. The summed E-state index contributed by atoms with van der Waals surface area (Å²) in [5.41, 5.74) is 6.89. The van der Waals surface area contributed by atoms with Crippen LogP contribution in [0.4, 0.5) is 4.39 Å². The summed E-state index contributed by atoms with van der Waals surface area (Å²) in [6.45, 7) is 4.40. The van der Waals surface area contributed by atoms with E-state index in [0.29, 0.717) is 5.92 Å². The van der Waals surface area contributed by atoms with Crippen LogP contribution in [-0.4, -0.2) is 0 Å². The second-order valence-electron chi connectivity index (χ2n) is 4.49. The molecule has 0 heterocycles. The molecule has 0 aliphatic heterocycles. The first-order valence-electron chi connectivity index (χ1n) is 5.60. The maximum absolute atomic E-state index is 12.9. The van der Waals surface area contributed by atoms with Crippen molar-refractivity contribution >= 4 is 0 Å². The predicted molar refractivity (Wildman–Crippen MR) is 62.0 cm³/mol. The van der Waals surface area contributed by atoms with Crippen LogP contribution in [0.15, 0.2) is 24.3 Å². The van der Waals surface area contributed by atoms with Crippen LogP contribution in [0.1, 0.15) is 44.7 Å². The quantitative estimate of drug-likeness (QED) is 0.787. The van der Waals surface area contributed by atoms with Gasteiger partial charge in [0.2, 0.25) is 0 Å². The van der Waals surface area contributed by atoms with Crippen molar-refractivity contribution in [3.05, 3.63) is 35.6 Å². The number of nitrogens with two attached hydrogens (primary N) is 1. The normalized spacial score (nSPS) is 13.1. The number of hydrogen-bond acceptors (Lipinski definition) is 1. The Morgan fingerprint density at radius 2 is 2.00 bits per heavy atom. The fourth-order valence-corrected chi connectivity index (χ4v) is 1.65. The van der Waals surface area contributed by atoms with Gasteiger partial charge in [-0.3, -0.25) is 0 Å². The van der Waals surface area contributed by atoms with Crippen LogP contribution < -0.4 is 5.73 Å². The fourth-order valence-electron chi connectivity index (χ4n) is 1.65. The highest BCUT2D eigenvalue weighted by Gasteiger charge is 2.06. The summed E-state index contributed by atoms with van der Waals surface area (Å²) in [5.74, 6) is 0.511. The van der Waals surface area contributed by atoms with Crippen molar-refractivity contribution in [3.8, 4) is 0 Å². The molecule has 15 heavy (non-hydrogen) atoms. The lowest BCUT2D eigenvalue weighted by Gasteiger charge is -2.12. The van der Waals surface area contributed by atoms with E-state index in [1.807, 2.05) is 6.07 Å². The molecule has 2 N–H and O–H groups in total. The van der Waals surface area contributed by atoms with E-state index in [9.17, 15) is 4.39 Å². The Hall–Kier alpha value is -0.890. The molecular weight excluding hydrogens is 189 g/mol. The summed E-state index contributed by atoms with van der Waals surface area (Å²) >= 11 is 0. The minimum atomic E-state index is -0.202. The molecule has 0 fully saturated rings. The zero-order valence-corrected chi connectivity index (χ0v) is 9.54. The molecular formula is C13H20FN. The van der Waals surface area contributed by atoms with Gasteiger partial charge in [-0.15, -0.1) is 0 Å². The molecule has 0 aromatic heterocycles. The summed E-state index contributed by atoms with van der Waals surface area (Å²) in [6.07, 6.45) is 3.22. The van der Waals surface area contributed by atoms with E-state index in [1.165, 1.54) is 18.6 Å². The van der Waals surface area contributed by atoms with Crippen LogP contribution in [0.5, 0.6) is 0 Å². The molecule has 0 aliphatic carbocycles. The minimum absolute atomic E-state index is 0.0283. The second kappa shape index (κ2) is 5.86. The third kappa shape index (κ3) is 4.43. The molecule has 1 atom stereocenters. The van der Waals surface area contributed by atoms with E-state index < -0.39 is 0 Å². The number of benzene rings is 1. The van der Waals surface area contributed by atoms with Gasteiger partial charge in [-0.1, -0.05) is 38.8 Å². The van der Waals surface area contributed by atoms with Gasteiger partial charge >= 0.3 is 0 Å². The predicted octanol–water partition coefficient (Wildman–Crippen LogP) is 3.65. The Bertz CT molecular complexity index is 296. The van der Waals surface area contributed by atoms with Gasteiger partial charge in [0, 0.05) is 6.04 Å². The number of hydrogen-bond donors (Lipinski definition) is 1. The van der Waals surface area contributed by atoms with E-state index in [4.69, 9.17) is 5.73 Å². The van der Waals surface area contributed by atoms with E-state index in [-0.39, 0.29) is 11.9 Å². The highest BCUT2D eigenvalue weighted by Crippen LogP contribution is 2.19. The molecule has 1 rings (SSSR count). The van der Waals surface area contributed by atoms with Crippen LogP contribution in [0.25, 0.3) is 0 Å². The van der Waals surface area contributed by atoms with E-state index >= 15 is 0 Å². The molecule has 1 aromatic rings. The standard InChI is InChI=1S/C13H20FN/c1-10(2)5-3-8-13(15)11-6-4-7-12(14)9-11/h4,6-7,9-10,13H,3,5,8,15H2,1-2H3. The maximum atomic E-state index is 12.9. The minimum Gasteiger partial charge on any atom is -0.324 e. The lowest BCUT2D eigenvalue weighted by atomic mass is 9.99. The van der Waals surface area contributed by atoms with Crippen LogP contribution in [-0.2, 0) is 0 Å². The average molecular weight is 209 g/mol. The first-order valence-corrected chi connectivity index (χ1v) is 5.60. The van der Waals surface area contributed by atoms with Crippen molar-refractivity contribution in [3.63, 3.8) is 0 Å². The zero-order chi connectivity index (χ0) is 11.3. The molecule has 0 radical (unpaired) electrons. The Labute approximate surface area is 91.5 Å². The van der Waals surface area contributed by atoms with Crippen molar-refractivity contribution in [2.45, 2.75) is 39.2 Å². The molecule has 0 amide bonds. The largest absolute Gasteiger partial charge is 0.324 e. The molecule has 0 spiro atoms. The Balaban J connectivity index is 2.43. The SMILES string of the molecule is CC(C)CCCC(N)c1cccc(F)c1. The van der Waals surface area contributed by atoms with Crippen molar-refractivity contribution in [2.75, 3.05) is 0 Å². The summed E-state index contributed by atoms with van der Waals surface area (Å²) < 4.78 is 12.9. The molecule has 2 heteroatoms. The Kier molecular flexibility index (Phi) is 4.76. The maximum Gasteiger partial charge on any atom is 0.123 e. The smallest absolute Gasteiger partial charge is 0.123 e. The zero-order valence-electron chi connectivity index (χ0n) is 9.54. The molecule has 0 saturated carbocycles. The van der Waals surface area contributed by atoms with Gasteiger partial charge in [-0.25, -0.2) is 4.39 Å². The van der Waals surface area contributed by atoms with Crippen LogP contribution in [0.3, 0.4) is 0 Å². The molecule has 0 bridgehead atoms. The van der Waals surface area contributed by atoms with Crippen molar-refractivity contribution in [2.24, 2.45) is 11.7 Å². The van der Waals surface area contributed by atoms with Gasteiger partial charge in [0.1, 0.15) is 5.82 Å². The number of halogens is 1. The lowest BCUT2D eigenvalue weighted by Crippen LogP contribution is -2.10. The van der Waals surface area contributed by atoms with Crippen molar-refractivity contribution < 1.29 is 4.39 Å². The lowest BCUT2D eigenvalue weighted by molar-refractivity contribution is 0.504. The second-order valence-corrected chi connectivity index (χ2v) is 4.49. The van der Waals surface area contributed by atoms with Crippen LogP contribution >= 0.6 is 0 Å². The first kappa shape index (κ1) is 12.2. The third-order valence-corrected chi connectivity index (χ3v) is 2.57. The fraction of sp³-hybridized carbons (Fsp3) is 0.538. The Morgan fingerprint density at radius 1 is 1.27 bits per heavy atom. The van der Waals surface area contributed by atoms with E-state index in [0.717, 1.165) is 18.4 Å². The van der Waals surface area contributed by atoms with Gasteiger partial charge in [-0.2, -0.15) is 0 Å². The van der Waals surface area contributed by atoms with Crippen LogP contribution in [0.2, 0.25) is 0 Å². The number of rotatable bonds is 5. The summed E-state index contributed by atoms with van der Waals surface area (Å²) in [6, 6.07) is 6.56. The highest BCUT2D eigenvalue weighted by molar-refractivity contribution is 5.19. The van der Waals surface area contributed by atoms with E-state index in [1.54, 1.807) is 6.07 Å². The summed E-state index contributed by atoms with van der Waals surface area (Å²) in [5, 5.41) is 0. The van der Waals surface area contributed by atoms with Gasteiger partial charge in [-0.05, 0) is 30.0 Å². The topological polar surface area (TPSA) is 26.0 Å². The third-order valence-electron chi connectivity index (χ3n) is 2.57. The summed E-state index contributed by atoms with van der Waals surface area (Å²) in [7, 11) is 0. The van der Waals surface area contributed by atoms with E-state index in [2.05, 4.69) is 13.8 Å². The molecule has 1 unspecified atom stereocenters. The summed E-state index contributed by atoms with van der Waals surface area (Å²) in [4.78, 5) is 0. The van der Waals surface area contributed by atoms with Crippen molar-refractivity contribution in [1.82, 2.24) is 0 Å². The molecule has 84 valence electrons. The molecule has 0 saturated heterocycles. The van der Waals surface area contributed by atoms with Gasteiger partial charge in [0.15, 0.2) is 0 Å². The van der Waals surface area contributed by atoms with Crippen LogP contribution in [0, 0.1) is 11.7 Å².